The fourth-order valence-electron chi connectivity index (χ4n) is 2.13. The van der Waals surface area contributed by atoms with E-state index in [2.05, 4.69) is 22.4 Å². The maximum atomic E-state index is 5.84. The Morgan fingerprint density at radius 3 is 2.42 bits per heavy atom. The molecule has 0 radical (unpaired) electrons. The molecule has 1 aromatic carbocycles. The number of hydrogen-bond donors (Lipinski definition) is 1. The predicted molar refractivity (Wildman–Crippen MR) is 85.7 cm³/mol. The fourth-order valence-corrected chi connectivity index (χ4v) is 2.26. The van der Waals surface area contributed by atoms with Crippen molar-refractivity contribution in [2.45, 2.75) is 26.2 Å². The molecule has 0 spiro atoms. The van der Waals surface area contributed by atoms with E-state index in [1.807, 2.05) is 24.3 Å². The molecule has 0 bridgehead atoms. The first kappa shape index (κ1) is 16.3. The standard InChI is InChI=1S/C14H20ClN3.ClH/c1-2-9-18-10-7-14(8-11-18)17-16-13-5-3-12(15)4-6-13;/h3-6,16H,2,7-11H2,1H3;1H. The van der Waals surface area contributed by atoms with Crippen molar-refractivity contribution in [2.75, 3.05) is 25.1 Å². The first-order valence-electron chi connectivity index (χ1n) is 6.57. The SMILES string of the molecule is CCCN1CCC(=NNc2ccc(Cl)cc2)CC1.Cl. The van der Waals surface area contributed by atoms with Gasteiger partial charge in [0.25, 0.3) is 0 Å². The quantitative estimate of drug-likeness (QED) is 0.850. The largest absolute Gasteiger partial charge is 0.303 e. The molecule has 19 heavy (non-hydrogen) atoms. The van der Waals surface area contributed by atoms with Gasteiger partial charge in [-0.05, 0) is 37.2 Å². The highest BCUT2D eigenvalue weighted by Crippen LogP contribution is 2.14. The number of hydrogen-bond acceptors (Lipinski definition) is 3. The van der Waals surface area contributed by atoms with Gasteiger partial charge in [-0.1, -0.05) is 18.5 Å². The van der Waals surface area contributed by atoms with E-state index in [1.165, 1.54) is 18.7 Å². The molecular formula is C14H21Cl2N3. The average Bonchev–Trinajstić information content (AvgIpc) is 2.40. The Morgan fingerprint density at radius 1 is 1.21 bits per heavy atom. The number of nitrogens with one attached hydrogen (secondary N) is 1. The van der Waals surface area contributed by atoms with Crippen LogP contribution in [-0.4, -0.2) is 30.2 Å². The molecule has 2 rings (SSSR count). The monoisotopic (exact) mass is 301 g/mol. The zero-order valence-electron chi connectivity index (χ0n) is 11.2. The van der Waals surface area contributed by atoms with E-state index in [0.29, 0.717) is 0 Å². The number of rotatable bonds is 4. The molecule has 0 amide bonds. The number of nitrogens with zero attached hydrogens (tertiary/aromatic N) is 2. The Hall–Kier alpha value is -0.770. The molecule has 1 N–H and O–H groups in total. The lowest BCUT2D eigenvalue weighted by Crippen LogP contribution is -2.34. The van der Waals surface area contributed by atoms with Crippen LogP contribution in [0.15, 0.2) is 29.4 Å². The van der Waals surface area contributed by atoms with Crippen LogP contribution in [0.3, 0.4) is 0 Å². The summed E-state index contributed by atoms with van der Waals surface area (Å²) in [4.78, 5) is 2.50. The first-order chi connectivity index (χ1) is 8.78. The van der Waals surface area contributed by atoms with Gasteiger partial charge < -0.3 is 4.90 Å². The summed E-state index contributed by atoms with van der Waals surface area (Å²) < 4.78 is 0. The number of halogens is 2. The van der Waals surface area contributed by atoms with Gasteiger partial charge in [-0.15, -0.1) is 12.4 Å². The van der Waals surface area contributed by atoms with Gasteiger partial charge >= 0.3 is 0 Å². The van der Waals surface area contributed by atoms with Crippen LogP contribution in [0, 0.1) is 0 Å². The summed E-state index contributed by atoms with van der Waals surface area (Å²) in [7, 11) is 0. The highest BCUT2D eigenvalue weighted by atomic mass is 35.5. The van der Waals surface area contributed by atoms with Gasteiger partial charge in [-0.3, -0.25) is 5.43 Å². The van der Waals surface area contributed by atoms with Gasteiger partial charge in [0.15, 0.2) is 0 Å². The van der Waals surface area contributed by atoms with Crippen molar-refractivity contribution in [3.8, 4) is 0 Å². The highest BCUT2D eigenvalue weighted by Gasteiger charge is 2.13. The van der Waals surface area contributed by atoms with Crippen LogP contribution in [-0.2, 0) is 0 Å². The third-order valence-electron chi connectivity index (χ3n) is 3.16. The highest BCUT2D eigenvalue weighted by molar-refractivity contribution is 6.30. The molecule has 106 valence electrons. The van der Waals surface area contributed by atoms with E-state index >= 15 is 0 Å². The Kier molecular flexibility index (Phi) is 7.21. The van der Waals surface area contributed by atoms with E-state index < -0.39 is 0 Å². The van der Waals surface area contributed by atoms with Crippen molar-refractivity contribution < 1.29 is 0 Å². The van der Waals surface area contributed by atoms with E-state index in [0.717, 1.165) is 36.6 Å². The Balaban J connectivity index is 0.00000180. The molecule has 1 saturated heterocycles. The van der Waals surface area contributed by atoms with Gasteiger partial charge in [0.1, 0.15) is 0 Å². The Labute approximate surface area is 126 Å². The van der Waals surface area contributed by atoms with Gasteiger partial charge in [0.05, 0.1) is 5.69 Å². The Bertz CT molecular complexity index is 394. The maximum Gasteiger partial charge on any atom is 0.0562 e. The van der Waals surface area contributed by atoms with Gasteiger partial charge in [-0.2, -0.15) is 5.10 Å². The van der Waals surface area contributed by atoms with Crippen LogP contribution in [0.4, 0.5) is 5.69 Å². The van der Waals surface area contributed by atoms with E-state index in [-0.39, 0.29) is 12.4 Å². The summed E-state index contributed by atoms with van der Waals surface area (Å²) in [5, 5.41) is 5.23. The molecule has 5 heteroatoms. The predicted octanol–water partition coefficient (Wildman–Crippen LogP) is 4.04. The summed E-state index contributed by atoms with van der Waals surface area (Å²) in [6, 6.07) is 7.62. The second-order valence-corrected chi connectivity index (χ2v) is 5.07. The average molecular weight is 302 g/mol. The van der Waals surface area contributed by atoms with Gasteiger partial charge in [0.2, 0.25) is 0 Å². The second-order valence-electron chi connectivity index (χ2n) is 4.64. The van der Waals surface area contributed by atoms with Crippen molar-refractivity contribution in [3.05, 3.63) is 29.3 Å². The summed E-state index contributed by atoms with van der Waals surface area (Å²) in [5.41, 5.74) is 5.35. The smallest absolute Gasteiger partial charge is 0.0562 e. The summed E-state index contributed by atoms with van der Waals surface area (Å²) in [6.45, 7) is 5.70. The van der Waals surface area contributed by atoms with Crippen molar-refractivity contribution in [2.24, 2.45) is 5.10 Å². The zero-order chi connectivity index (χ0) is 12.8. The molecule has 1 aliphatic heterocycles. The number of piperidine rings is 1. The molecule has 0 aliphatic carbocycles. The Morgan fingerprint density at radius 2 is 1.84 bits per heavy atom. The van der Waals surface area contributed by atoms with Crippen molar-refractivity contribution >= 4 is 35.4 Å². The van der Waals surface area contributed by atoms with Gasteiger partial charge in [0, 0.05) is 36.7 Å². The summed E-state index contributed by atoms with van der Waals surface area (Å²) in [5.74, 6) is 0. The minimum Gasteiger partial charge on any atom is -0.303 e. The lowest BCUT2D eigenvalue weighted by molar-refractivity contribution is 0.275. The number of likely N-dealkylation sites (tertiary alicyclic amines) is 1. The maximum absolute atomic E-state index is 5.84. The topological polar surface area (TPSA) is 27.6 Å². The summed E-state index contributed by atoms with van der Waals surface area (Å²) in [6.07, 6.45) is 3.37. The molecule has 0 unspecified atom stereocenters. The van der Waals surface area contributed by atoms with Crippen LogP contribution >= 0.6 is 24.0 Å². The van der Waals surface area contributed by atoms with E-state index in [1.54, 1.807) is 0 Å². The van der Waals surface area contributed by atoms with Crippen LogP contribution < -0.4 is 5.43 Å². The first-order valence-corrected chi connectivity index (χ1v) is 6.95. The van der Waals surface area contributed by atoms with Crippen LogP contribution in [0.5, 0.6) is 0 Å². The third-order valence-corrected chi connectivity index (χ3v) is 3.41. The molecule has 3 nitrogen and oxygen atoms in total. The second kappa shape index (κ2) is 8.41. The normalized spacial score (nSPS) is 15.8. The van der Waals surface area contributed by atoms with Crippen molar-refractivity contribution in [3.63, 3.8) is 0 Å². The zero-order valence-corrected chi connectivity index (χ0v) is 12.8. The number of anilines is 1. The van der Waals surface area contributed by atoms with E-state index in [9.17, 15) is 0 Å². The molecule has 1 aliphatic rings. The lowest BCUT2D eigenvalue weighted by Gasteiger charge is -2.26. The molecule has 1 fully saturated rings. The van der Waals surface area contributed by atoms with Crippen LogP contribution in [0.2, 0.25) is 5.02 Å². The molecular weight excluding hydrogens is 281 g/mol. The minimum absolute atomic E-state index is 0. The lowest BCUT2D eigenvalue weighted by atomic mass is 10.1. The third kappa shape index (κ3) is 5.39. The molecule has 0 atom stereocenters. The van der Waals surface area contributed by atoms with E-state index in [4.69, 9.17) is 11.6 Å². The fraction of sp³-hybridized carbons (Fsp3) is 0.500. The molecule has 1 aromatic rings. The number of hydrazone groups is 1. The van der Waals surface area contributed by atoms with Crippen LogP contribution in [0.1, 0.15) is 26.2 Å². The molecule has 0 aromatic heterocycles. The van der Waals surface area contributed by atoms with Gasteiger partial charge in [-0.25, -0.2) is 0 Å². The van der Waals surface area contributed by atoms with Crippen LogP contribution in [0.25, 0.3) is 0 Å². The number of benzene rings is 1. The summed E-state index contributed by atoms with van der Waals surface area (Å²) >= 11 is 5.84. The molecule has 0 saturated carbocycles. The molecule has 1 heterocycles. The minimum atomic E-state index is 0. The van der Waals surface area contributed by atoms with Crippen molar-refractivity contribution in [1.82, 2.24) is 4.90 Å². The van der Waals surface area contributed by atoms with Crippen molar-refractivity contribution in [1.29, 1.82) is 0 Å².